The fourth-order valence-electron chi connectivity index (χ4n) is 4.02. The zero-order valence-electron chi connectivity index (χ0n) is 14.3. The molecule has 1 amide bonds. The maximum Gasteiger partial charge on any atom is 0.326 e. The van der Waals surface area contributed by atoms with Crippen molar-refractivity contribution in [2.24, 2.45) is 0 Å². The van der Waals surface area contributed by atoms with Crippen LogP contribution in [0.1, 0.15) is 48.5 Å². The SMILES string of the molecule is Cl.O=C(c1ccc2c(c1)[nH]c(=O)n2C1CCCC1)N1CCCNCC1. The fraction of sp³-hybridized carbons (Fsp3) is 0.556. The molecule has 1 saturated heterocycles. The first-order valence-corrected chi connectivity index (χ1v) is 8.98. The van der Waals surface area contributed by atoms with Crippen molar-refractivity contribution >= 4 is 29.3 Å². The van der Waals surface area contributed by atoms with Crippen molar-refractivity contribution in [3.63, 3.8) is 0 Å². The fourth-order valence-corrected chi connectivity index (χ4v) is 4.02. The summed E-state index contributed by atoms with van der Waals surface area (Å²) >= 11 is 0. The molecule has 1 saturated carbocycles. The molecule has 2 heterocycles. The van der Waals surface area contributed by atoms with E-state index in [9.17, 15) is 9.59 Å². The van der Waals surface area contributed by atoms with E-state index in [0.717, 1.165) is 56.5 Å². The third-order valence-corrected chi connectivity index (χ3v) is 5.28. The van der Waals surface area contributed by atoms with E-state index in [1.807, 2.05) is 27.7 Å². The first kappa shape index (κ1) is 18.0. The van der Waals surface area contributed by atoms with Gasteiger partial charge in [0.2, 0.25) is 0 Å². The Morgan fingerprint density at radius 2 is 1.88 bits per heavy atom. The van der Waals surface area contributed by atoms with Crippen LogP contribution in [0.25, 0.3) is 11.0 Å². The topological polar surface area (TPSA) is 70.1 Å². The lowest BCUT2D eigenvalue weighted by Crippen LogP contribution is -2.34. The summed E-state index contributed by atoms with van der Waals surface area (Å²) < 4.78 is 1.88. The van der Waals surface area contributed by atoms with Crippen LogP contribution in [0, 0.1) is 0 Å². The molecule has 1 aromatic heterocycles. The zero-order valence-corrected chi connectivity index (χ0v) is 15.1. The standard InChI is InChI=1S/C18H24N4O2.ClH/c23-17(21-10-3-8-19-9-11-21)13-6-7-16-15(12-13)20-18(24)22(16)14-4-1-2-5-14;/h6-7,12,14,19H,1-5,8-11H2,(H,20,24);1H. The van der Waals surface area contributed by atoms with Gasteiger partial charge in [0.05, 0.1) is 11.0 Å². The first-order valence-electron chi connectivity index (χ1n) is 8.98. The summed E-state index contributed by atoms with van der Waals surface area (Å²) in [5.74, 6) is 0.0510. The van der Waals surface area contributed by atoms with E-state index in [1.165, 1.54) is 12.8 Å². The molecule has 7 heteroatoms. The first-order chi connectivity index (χ1) is 11.7. The van der Waals surface area contributed by atoms with E-state index >= 15 is 0 Å². The van der Waals surface area contributed by atoms with Crippen molar-refractivity contribution < 1.29 is 4.79 Å². The summed E-state index contributed by atoms with van der Waals surface area (Å²) in [5, 5.41) is 3.31. The predicted octanol–water partition coefficient (Wildman–Crippen LogP) is 2.30. The number of carbonyl (C=O) groups is 1. The van der Waals surface area contributed by atoms with Crippen molar-refractivity contribution in [2.45, 2.75) is 38.1 Å². The van der Waals surface area contributed by atoms with Crippen molar-refractivity contribution in [2.75, 3.05) is 26.2 Å². The second-order valence-corrected chi connectivity index (χ2v) is 6.87. The number of H-pyrrole nitrogens is 1. The van der Waals surface area contributed by atoms with Gasteiger partial charge >= 0.3 is 5.69 Å². The van der Waals surface area contributed by atoms with Crippen LogP contribution in [-0.2, 0) is 0 Å². The third-order valence-electron chi connectivity index (χ3n) is 5.28. The summed E-state index contributed by atoms with van der Waals surface area (Å²) in [7, 11) is 0. The molecule has 0 atom stereocenters. The average molecular weight is 365 g/mol. The number of aromatic nitrogens is 2. The summed E-state index contributed by atoms with van der Waals surface area (Å²) in [5.41, 5.74) is 2.29. The Labute approximate surface area is 153 Å². The van der Waals surface area contributed by atoms with Gasteiger partial charge in [-0.25, -0.2) is 4.79 Å². The highest BCUT2D eigenvalue weighted by molar-refractivity contribution is 5.97. The summed E-state index contributed by atoms with van der Waals surface area (Å²) in [6.07, 6.45) is 5.47. The van der Waals surface area contributed by atoms with E-state index in [1.54, 1.807) is 0 Å². The molecule has 1 aliphatic carbocycles. The molecule has 0 radical (unpaired) electrons. The summed E-state index contributed by atoms with van der Waals surface area (Å²) in [4.78, 5) is 29.9. The number of rotatable bonds is 2. The molecule has 0 spiro atoms. The molecule has 1 aromatic carbocycles. The van der Waals surface area contributed by atoms with E-state index in [0.29, 0.717) is 11.6 Å². The van der Waals surface area contributed by atoms with Crippen LogP contribution in [0.3, 0.4) is 0 Å². The number of imidazole rings is 1. The Bertz CT molecular complexity index is 799. The van der Waals surface area contributed by atoms with Crippen molar-refractivity contribution in [3.8, 4) is 0 Å². The molecule has 0 bridgehead atoms. The molecule has 4 rings (SSSR count). The Morgan fingerprint density at radius 1 is 1.08 bits per heavy atom. The number of aromatic amines is 1. The predicted molar refractivity (Wildman–Crippen MR) is 101 cm³/mol. The van der Waals surface area contributed by atoms with Crippen LogP contribution in [0.4, 0.5) is 0 Å². The summed E-state index contributed by atoms with van der Waals surface area (Å²) in [6, 6.07) is 5.92. The monoisotopic (exact) mass is 364 g/mol. The average Bonchev–Trinajstić information content (AvgIpc) is 3.11. The molecular weight excluding hydrogens is 340 g/mol. The molecule has 2 aliphatic rings. The van der Waals surface area contributed by atoms with Crippen LogP contribution >= 0.6 is 12.4 Å². The van der Waals surface area contributed by atoms with Gasteiger partial charge in [0.1, 0.15) is 0 Å². The molecule has 136 valence electrons. The third kappa shape index (κ3) is 3.46. The summed E-state index contributed by atoms with van der Waals surface area (Å²) in [6.45, 7) is 3.31. The molecule has 1 aliphatic heterocycles. The highest BCUT2D eigenvalue weighted by Crippen LogP contribution is 2.30. The van der Waals surface area contributed by atoms with Gasteiger partial charge in [-0.3, -0.25) is 9.36 Å². The van der Waals surface area contributed by atoms with Gasteiger partial charge in [0.15, 0.2) is 0 Å². The molecule has 2 fully saturated rings. The number of hydrogen-bond acceptors (Lipinski definition) is 3. The number of halogens is 1. The highest BCUT2D eigenvalue weighted by atomic mass is 35.5. The van der Waals surface area contributed by atoms with Crippen molar-refractivity contribution in [3.05, 3.63) is 34.2 Å². The number of nitrogens with zero attached hydrogens (tertiary/aromatic N) is 2. The number of hydrogen-bond donors (Lipinski definition) is 2. The van der Waals surface area contributed by atoms with Gasteiger partial charge in [-0.2, -0.15) is 0 Å². The van der Waals surface area contributed by atoms with Crippen LogP contribution in [0.5, 0.6) is 0 Å². The minimum atomic E-state index is -0.0551. The number of nitrogens with one attached hydrogen (secondary N) is 2. The van der Waals surface area contributed by atoms with Gasteiger partial charge in [0, 0.05) is 31.2 Å². The van der Waals surface area contributed by atoms with Crippen molar-refractivity contribution in [1.82, 2.24) is 19.8 Å². The van der Waals surface area contributed by atoms with Crippen LogP contribution in [0.15, 0.2) is 23.0 Å². The van der Waals surface area contributed by atoms with Gasteiger partial charge in [0.25, 0.3) is 5.91 Å². The van der Waals surface area contributed by atoms with Crippen LogP contribution in [-0.4, -0.2) is 46.5 Å². The zero-order chi connectivity index (χ0) is 16.5. The van der Waals surface area contributed by atoms with Gasteiger partial charge in [-0.05, 0) is 44.0 Å². The molecule has 6 nitrogen and oxygen atoms in total. The molecule has 25 heavy (non-hydrogen) atoms. The highest BCUT2D eigenvalue weighted by Gasteiger charge is 2.22. The van der Waals surface area contributed by atoms with E-state index in [-0.39, 0.29) is 24.0 Å². The van der Waals surface area contributed by atoms with E-state index in [4.69, 9.17) is 0 Å². The Balaban J connectivity index is 0.00000182. The minimum Gasteiger partial charge on any atom is -0.337 e. The number of fused-ring (bicyclic) bond motifs is 1. The normalized spacial score (nSPS) is 19.0. The number of amides is 1. The second kappa shape index (κ2) is 7.62. The van der Waals surface area contributed by atoms with Gasteiger partial charge in [-0.1, -0.05) is 12.8 Å². The lowest BCUT2D eigenvalue weighted by Gasteiger charge is -2.20. The Morgan fingerprint density at radius 3 is 2.68 bits per heavy atom. The quantitative estimate of drug-likeness (QED) is 0.859. The molecule has 2 N–H and O–H groups in total. The van der Waals surface area contributed by atoms with Crippen LogP contribution < -0.4 is 11.0 Å². The largest absolute Gasteiger partial charge is 0.337 e. The lowest BCUT2D eigenvalue weighted by atomic mass is 10.1. The second-order valence-electron chi connectivity index (χ2n) is 6.87. The maximum absolute atomic E-state index is 12.7. The van der Waals surface area contributed by atoms with Crippen LogP contribution in [0.2, 0.25) is 0 Å². The van der Waals surface area contributed by atoms with Gasteiger partial charge in [-0.15, -0.1) is 12.4 Å². The maximum atomic E-state index is 12.7. The van der Waals surface area contributed by atoms with E-state index in [2.05, 4.69) is 10.3 Å². The number of carbonyl (C=O) groups excluding carboxylic acids is 1. The lowest BCUT2D eigenvalue weighted by molar-refractivity contribution is 0.0766. The van der Waals surface area contributed by atoms with Crippen molar-refractivity contribution in [1.29, 1.82) is 0 Å². The number of benzene rings is 1. The molecular formula is C18H25ClN4O2. The van der Waals surface area contributed by atoms with Gasteiger partial charge < -0.3 is 15.2 Å². The minimum absolute atomic E-state index is 0. The smallest absolute Gasteiger partial charge is 0.326 e. The van der Waals surface area contributed by atoms with E-state index < -0.39 is 0 Å². The Kier molecular flexibility index (Phi) is 5.49. The molecule has 0 unspecified atom stereocenters. The Hall–Kier alpha value is -1.79. The molecule has 2 aromatic rings.